The topological polar surface area (TPSA) is 50.4 Å². The number of carbonyl (C=O) groups is 1. The normalized spacial score (nSPS) is 28.3. The van der Waals surface area contributed by atoms with Crippen molar-refractivity contribution >= 4 is 18.3 Å². The van der Waals surface area contributed by atoms with Gasteiger partial charge in [-0.1, -0.05) is 19.3 Å². The van der Waals surface area contributed by atoms with E-state index in [1.165, 1.54) is 19.3 Å². The zero-order valence-electron chi connectivity index (χ0n) is 10.4. The van der Waals surface area contributed by atoms with Crippen LogP contribution in [0.5, 0.6) is 0 Å². The molecule has 2 aliphatic rings. The molecular formula is C12H23ClN2O2. The first-order chi connectivity index (χ1) is 7.79. The van der Waals surface area contributed by atoms with E-state index in [0.29, 0.717) is 6.42 Å². The van der Waals surface area contributed by atoms with Gasteiger partial charge in [0.2, 0.25) is 5.91 Å². The quantitative estimate of drug-likeness (QED) is 0.780. The number of methoxy groups -OCH3 is 1. The highest BCUT2D eigenvalue weighted by molar-refractivity contribution is 5.85. The number of rotatable bonds is 5. The van der Waals surface area contributed by atoms with Crippen LogP contribution in [-0.4, -0.2) is 38.3 Å². The molecule has 2 atom stereocenters. The lowest BCUT2D eigenvalue weighted by molar-refractivity contribution is -0.122. The highest BCUT2D eigenvalue weighted by atomic mass is 35.5. The molecule has 2 unspecified atom stereocenters. The van der Waals surface area contributed by atoms with Gasteiger partial charge < -0.3 is 15.4 Å². The molecule has 0 radical (unpaired) electrons. The molecule has 0 bridgehead atoms. The molecule has 17 heavy (non-hydrogen) atoms. The molecule has 4 nitrogen and oxygen atoms in total. The van der Waals surface area contributed by atoms with Gasteiger partial charge in [-0.3, -0.25) is 4.79 Å². The minimum Gasteiger partial charge on any atom is -0.378 e. The second kappa shape index (κ2) is 7.19. The van der Waals surface area contributed by atoms with Crippen molar-refractivity contribution in [2.24, 2.45) is 5.92 Å². The Balaban J connectivity index is 0.00000144. The van der Waals surface area contributed by atoms with E-state index in [4.69, 9.17) is 4.74 Å². The SMILES string of the molecule is COC1CNCC1NC(=O)CCC1CCC1.Cl. The molecule has 1 amide bonds. The lowest BCUT2D eigenvalue weighted by Gasteiger charge is -2.25. The Morgan fingerprint density at radius 3 is 2.76 bits per heavy atom. The zero-order chi connectivity index (χ0) is 11.4. The molecule has 2 rings (SSSR count). The van der Waals surface area contributed by atoms with Gasteiger partial charge in [0.1, 0.15) is 0 Å². The number of nitrogens with one attached hydrogen (secondary N) is 2. The zero-order valence-corrected chi connectivity index (χ0v) is 11.2. The van der Waals surface area contributed by atoms with E-state index < -0.39 is 0 Å². The van der Waals surface area contributed by atoms with Gasteiger partial charge >= 0.3 is 0 Å². The first-order valence-corrected chi connectivity index (χ1v) is 6.32. The van der Waals surface area contributed by atoms with Crippen LogP contribution in [0, 0.1) is 5.92 Å². The summed E-state index contributed by atoms with van der Waals surface area (Å²) in [5.74, 6) is 0.994. The van der Waals surface area contributed by atoms with Crippen LogP contribution >= 0.6 is 12.4 Å². The van der Waals surface area contributed by atoms with Gasteiger partial charge in [0.15, 0.2) is 0 Å². The number of carbonyl (C=O) groups excluding carboxylic acids is 1. The van der Waals surface area contributed by atoms with Crippen molar-refractivity contribution in [2.75, 3.05) is 20.2 Å². The van der Waals surface area contributed by atoms with Crippen LogP contribution in [0.4, 0.5) is 0 Å². The van der Waals surface area contributed by atoms with Crippen LogP contribution in [0.3, 0.4) is 0 Å². The van der Waals surface area contributed by atoms with Crippen LogP contribution in [0.2, 0.25) is 0 Å². The predicted molar refractivity (Wildman–Crippen MR) is 69.4 cm³/mol. The van der Waals surface area contributed by atoms with Crippen molar-refractivity contribution in [3.05, 3.63) is 0 Å². The molecule has 2 fully saturated rings. The summed E-state index contributed by atoms with van der Waals surface area (Å²) in [5.41, 5.74) is 0. The number of hydrogen-bond donors (Lipinski definition) is 2. The van der Waals surface area contributed by atoms with Gasteiger partial charge in [0, 0.05) is 26.6 Å². The highest BCUT2D eigenvalue weighted by Crippen LogP contribution is 2.30. The molecule has 2 N–H and O–H groups in total. The fraction of sp³-hybridized carbons (Fsp3) is 0.917. The smallest absolute Gasteiger partial charge is 0.220 e. The number of amides is 1. The van der Waals surface area contributed by atoms with Gasteiger partial charge in [-0.25, -0.2) is 0 Å². The third-order valence-corrected chi connectivity index (χ3v) is 3.81. The first-order valence-electron chi connectivity index (χ1n) is 6.32. The van der Waals surface area contributed by atoms with Crippen LogP contribution in [0.1, 0.15) is 32.1 Å². The molecule has 5 heteroatoms. The minimum atomic E-state index is 0. The Kier molecular flexibility index (Phi) is 6.23. The molecule has 0 aromatic rings. The van der Waals surface area contributed by atoms with Crippen molar-refractivity contribution in [3.8, 4) is 0 Å². The summed E-state index contributed by atoms with van der Waals surface area (Å²) >= 11 is 0. The maximum absolute atomic E-state index is 11.7. The van der Waals surface area contributed by atoms with E-state index in [1.807, 2.05) is 0 Å². The van der Waals surface area contributed by atoms with Gasteiger partial charge in [-0.15, -0.1) is 12.4 Å². The van der Waals surface area contributed by atoms with E-state index in [1.54, 1.807) is 7.11 Å². The summed E-state index contributed by atoms with van der Waals surface area (Å²) in [5, 5.41) is 6.28. The van der Waals surface area contributed by atoms with E-state index in [9.17, 15) is 4.79 Å². The van der Waals surface area contributed by atoms with Gasteiger partial charge in [-0.2, -0.15) is 0 Å². The Bertz CT molecular complexity index is 247. The van der Waals surface area contributed by atoms with E-state index >= 15 is 0 Å². The first kappa shape index (κ1) is 14.7. The summed E-state index contributed by atoms with van der Waals surface area (Å²) in [6.07, 6.45) is 5.86. The van der Waals surface area contributed by atoms with Crippen molar-refractivity contribution in [1.29, 1.82) is 0 Å². The molecule has 1 heterocycles. The molecular weight excluding hydrogens is 240 g/mol. The highest BCUT2D eigenvalue weighted by Gasteiger charge is 2.28. The Hall–Kier alpha value is -0.320. The fourth-order valence-corrected chi connectivity index (χ4v) is 2.44. The molecule has 0 aromatic carbocycles. The van der Waals surface area contributed by atoms with E-state index in [2.05, 4.69) is 10.6 Å². The lowest BCUT2D eigenvalue weighted by atomic mass is 9.82. The van der Waals surface area contributed by atoms with Crippen LogP contribution in [0.25, 0.3) is 0 Å². The second-order valence-electron chi connectivity index (χ2n) is 4.94. The predicted octanol–water partition coefficient (Wildman–Crippen LogP) is 1.09. The van der Waals surface area contributed by atoms with Crippen LogP contribution in [-0.2, 0) is 9.53 Å². The van der Waals surface area contributed by atoms with Crippen LogP contribution in [0.15, 0.2) is 0 Å². The Labute approximate surface area is 109 Å². The van der Waals surface area contributed by atoms with E-state index in [-0.39, 0.29) is 30.5 Å². The van der Waals surface area contributed by atoms with Crippen molar-refractivity contribution in [2.45, 2.75) is 44.2 Å². The molecule has 0 spiro atoms. The average Bonchev–Trinajstić information content (AvgIpc) is 2.62. The summed E-state index contributed by atoms with van der Waals surface area (Å²) in [6.45, 7) is 1.66. The Morgan fingerprint density at radius 2 is 2.18 bits per heavy atom. The van der Waals surface area contributed by atoms with Gasteiger partial charge in [-0.05, 0) is 12.3 Å². The number of hydrogen-bond acceptors (Lipinski definition) is 3. The summed E-state index contributed by atoms with van der Waals surface area (Å²) in [4.78, 5) is 11.7. The number of ether oxygens (including phenoxy) is 1. The molecule has 1 aliphatic carbocycles. The maximum atomic E-state index is 11.7. The lowest BCUT2D eigenvalue weighted by Crippen LogP contribution is -2.43. The van der Waals surface area contributed by atoms with Crippen molar-refractivity contribution in [1.82, 2.24) is 10.6 Å². The van der Waals surface area contributed by atoms with Crippen molar-refractivity contribution in [3.63, 3.8) is 0 Å². The number of halogens is 1. The molecule has 1 aliphatic heterocycles. The summed E-state index contributed by atoms with van der Waals surface area (Å²) in [6, 6.07) is 0.152. The van der Waals surface area contributed by atoms with Crippen molar-refractivity contribution < 1.29 is 9.53 Å². The second-order valence-corrected chi connectivity index (χ2v) is 4.94. The third-order valence-electron chi connectivity index (χ3n) is 3.81. The molecule has 1 saturated heterocycles. The molecule has 100 valence electrons. The minimum absolute atomic E-state index is 0. The molecule has 1 saturated carbocycles. The monoisotopic (exact) mass is 262 g/mol. The van der Waals surface area contributed by atoms with Gasteiger partial charge in [0.05, 0.1) is 12.1 Å². The molecule has 0 aromatic heterocycles. The largest absolute Gasteiger partial charge is 0.378 e. The fourth-order valence-electron chi connectivity index (χ4n) is 2.44. The average molecular weight is 263 g/mol. The third kappa shape index (κ3) is 4.12. The van der Waals surface area contributed by atoms with E-state index in [0.717, 1.165) is 25.4 Å². The summed E-state index contributed by atoms with van der Waals surface area (Å²) < 4.78 is 5.31. The van der Waals surface area contributed by atoms with Crippen LogP contribution < -0.4 is 10.6 Å². The maximum Gasteiger partial charge on any atom is 0.220 e. The van der Waals surface area contributed by atoms with Gasteiger partial charge in [0.25, 0.3) is 0 Å². The standard InChI is InChI=1S/C12H22N2O2.ClH/c1-16-11-8-13-7-10(11)14-12(15)6-5-9-3-2-4-9;/h9-11,13H,2-8H2,1H3,(H,14,15);1H. The summed E-state index contributed by atoms with van der Waals surface area (Å²) in [7, 11) is 1.70. The Morgan fingerprint density at radius 1 is 1.41 bits per heavy atom.